The highest BCUT2D eigenvalue weighted by Gasteiger charge is 2.34. The van der Waals surface area contributed by atoms with Crippen LogP contribution in [0.25, 0.3) is 0 Å². The number of benzene rings is 1. The number of nitrogens with two attached hydrogens (primary N) is 1. The van der Waals surface area contributed by atoms with Gasteiger partial charge < -0.3 is 15.4 Å². The second-order valence-corrected chi connectivity index (χ2v) is 4.90. The lowest BCUT2D eigenvalue weighted by Crippen LogP contribution is -2.40. The van der Waals surface area contributed by atoms with E-state index in [9.17, 15) is 37.3 Å². The summed E-state index contributed by atoms with van der Waals surface area (Å²) in [6.07, 6.45) is -7.85. The third kappa shape index (κ3) is 4.55. The second-order valence-electron chi connectivity index (χ2n) is 4.90. The fraction of sp³-hybridized carbons (Fsp3) is 0.385. The second kappa shape index (κ2) is 7.77. The van der Waals surface area contributed by atoms with Gasteiger partial charge >= 0.3 is 6.09 Å². The summed E-state index contributed by atoms with van der Waals surface area (Å²) in [5.41, 5.74) is 3.35. The predicted molar refractivity (Wildman–Crippen MR) is 75.4 cm³/mol. The first-order valence-electron chi connectivity index (χ1n) is 6.61. The maximum Gasteiger partial charge on any atom is 0.410 e. The Morgan fingerprint density at radius 2 is 1.88 bits per heavy atom. The van der Waals surface area contributed by atoms with Gasteiger partial charge in [-0.05, 0) is 13.0 Å². The van der Waals surface area contributed by atoms with Gasteiger partial charge in [0.25, 0.3) is 12.1 Å². The standard InChI is InChI=1S/C13H13F4N3O5/c1-5(12(21)19(2)11(17)10(15)16)6-3-7(14)9(25-13(18)22)4-8(6)20(23)24/h3-5,10-11H,1-2H3,(H2,18,22). The Balaban J connectivity index is 3.31. The van der Waals surface area contributed by atoms with Gasteiger partial charge in [0, 0.05) is 12.6 Å². The summed E-state index contributed by atoms with van der Waals surface area (Å²) in [6, 6.07) is 1.03. The van der Waals surface area contributed by atoms with E-state index in [4.69, 9.17) is 5.73 Å². The van der Waals surface area contributed by atoms with Crippen LogP contribution in [0.3, 0.4) is 0 Å². The number of hydrogen-bond donors (Lipinski definition) is 1. The summed E-state index contributed by atoms with van der Waals surface area (Å²) < 4.78 is 56.1. The van der Waals surface area contributed by atoms with Gasteiger partial charge in [-0.1, -0.05) is 0 Å². The van der Waals surface area contributed by atoms with Gasteiger partial charge in [-0.15, -0.1) is 0 Å². The van der Waals surface area contributed by atoms with E-state index in [1.165, 1.54) is 0 Å². The molecule has 2 N–H and O–H groups in total. The fourth-order valence-corrected chi connectivity index (χ4v) is 1.98. The number of nitro benzene ring substituents is 1. The molecule has 0 saturated carbocycles. The number of ether oxygens (including phenoxy) is 1. The number of halogens is 4. The minimum absolute atomic E-state index is 0.0603. The molecule has 2 amide bonds. The van der Waals surface area contributed by atoms with Crippen LogP contribution in [0.15, 0.2) is 12.1 Å². The minimum atomic E-state index is -3.49. The zero-order valence-corrected chi connectivity index (χ0v) is 12.9. The molecule has 2 unspecified atom stereocenters. The highest BCUT2D eigenvalue weighted by atomic mass is 19.3. The number of likely N-dealkylation sites (N-methyl/N-ethyl adjacent to an activating group) is 1. The van der Waals surface area contributed by atoms with Gasteiger partial charge in [0.05, 0.1) is 16.9 Å². The fourth-order valence-electron chi connectivity index (χ4n) is 1.98. The van der Waals surface area contributed by atoms with Gasteiger partial charge in [0.2, 0.25) is 12.2 Å². The Morgan fingerprint density at radius 3 is 2.32 bits per heavy atom. The van der Waals surface area contributed by atoms with E-state index in [1.54, 1.807) is 0 Å². The molecule has 138 valence electrons. The quantitative estimate of drug-likeness (QED) is 0.358. The first-order valence-corrected chi connectivity index (χ1v) is 6.61. The third-order valence-electron chi connectivity index (χ3n) is 3.25. The van der Waals surface area contributed by atoms with Crippen molar-refractivity contribution >= 4 is 17.7 Å². The summed E-state index contributed by atoms with van der Waals surface area (Å²) in [6.45, 7) is 1.05. The van der Waals surface area contributed by atoms with Crippen LogP contribution >= 0.6 is 0 Å². The number of hydrogen-bond acceptors (Lipinski definition) is 5. The van der Waals surface area contributed by atoms with Crippen LogP contribution in [-0.2, 0) is 4.79 Å². The molecule has 0 spiro atoms. The maximum atomic E-state index is 13.9. The summed E-state index contributed by atoms with van der Waals surface area (Å²) >= 11 is 0. The number of carbonyl (C=O) groups excluding carboxylic acids is 2. The van der Waals surface area contributed by atoms with Gasteiger partial charge in [0.1, 0.15) is 0 Å². The molecule has 0 fully saturated rings. The van der Waals surface area contributed by atoms with Crippen molar-refractivity contribution in [2.24, 2.45) is 5.73 Å². The van der Waals surface area contributed by atoms with Crippen molar-refractivity contribution in [1.82, 2.24) is 4.90 Å². The van der Waals surface area contributed by atoms with Gasteiger partial charge in [-0.25, -0.2) is 22.4 Å². The van der Waals surface area contributed by atoms with E-state index in [0.29, 0.717) is 12.1 Å². The van der Waals surface area contributed by atoms with E-state index in [0.717, 1.165) is 14.0 Å². The molecule has 0 heterocycles. The summed E-state index contributed by atoms with van der Waals surface area (Å²) in [4.78, 5) is 32.8. The molecule has 12 heteroatoms. The Morgan fingerprint density at radius 1 is 1.32 bits per heavy atom. The Labute approximate surface area is 138 Å². The molecular weight excluding hydrogens is 354 g/mol. The number of amides is 2. The number of rotatable bonds is 6. The molecule has 8 nitrogen and oxygen atoms in total. The number of alkyl halides is 3. The van der Waals surface area contributed by atoms with E-state index in [-0.39, 0.29) is 4.90 Å². The lowest BCUT2D eigenvalue weighted by molar-refractivity contribution is -0.385. The number of nitro groups is 1. The maximum absolute atomic E-state index is 13.9. The van der Waals surface area contributed by atoms with E-state index < -0.39 is 58.4 Å². The molecule has 1 rings (SSSR count). The molecule has 25 heavy (non-hydrogen) atoms. The van der Waals surface area contributed by atoms with Crippen molar-refractivity contribution in [2.45, 2.75) is 25.6 Å². The average Bonchev–Trinajstić information content (AvgIpc) is 2.52. The molecule has 0 aromatic heterocycles. The van der Waals surface area contributed by atoms with E-state index in [1.807, 2.05) is 0 Å². The molecule has 0 aliphatic carbocycles. The summed E-state index contributed by atoms with van der Waals surface area (Å²) in [5, 5.41) is 11.1. The van der Waals surface area contributed by atoms with Crippen LogP contribution in [0.2, 0.25) is 0 Å². The average molecular weight is 367 g/mol. The van der Waals surface area contributed by atoms with Gasteiger partial charge in [-0.2, -0.15) is 0 Å². The number of primary amides is 1. The van der Waals surface area contributed by atoms with Crippen LogP contribution < -0.4 is 10.5 Å². The lowest BCUT2D eigenvalue weighted by Gasteiger charge is -2.24. The zero-order valence-electron chi connectivity index (χ0n) is 12.9. The lowest BCUT2D eigenvalue weighted by atomic mass is 9.97. The third-order valence-corrected chi connectivity index (χ3v) is 3.25. The van der Waals surface area contributed by atoms with Gasteiger partial charge in [0.15, 0.2) is 11.6 Å². The van der Waals surface area contributed by atoms with Crippen LogP contribution in [-0.4, -0.2) is 41.6 Å². The van der Waals surface area contributed by atoms with Crippen molar-refractivity contribution in [3.8, 4) is 5.75 Å². The minimum Gasteiger partial charge on any atom is -0.407 e. The molecule has 2 atom stereocenters. The van der Waals surface area contributed by atoms with E-state index >= 15 is 0 Å². The van der Waals surface area contributed by atoms with Crippen molar-refractivity contribution in [3.05, 3.63) is 33.6 Å². The SMILES string of the molecule is CC(C(=O)N(C)C(F)C(F)F)c1cc(F)c(OC(N)=O)cc1[N+](=O)[O-]. The topological polar surface area (TPSA) is 116 Å². The molecular formula is C13H13F4N3O5. The van der Waals surface area contributed by atoms with Crippen molar-refractivity contribution < 1.29 is 36.8 Å². The van der Waals surface area contributed by atoms with E-state index in [2.05, 4.69) is 4.74 Å². The first kappa shape index (κ1) is 20.1. The Bertz CT molecular complexity index is 700. The van der Waals surface area contributed by atoms with Gasteiger partial charge in [-0.3, -0.25) is 14.9 Å². The largest absolute Gasteiger partial charge is 0.410 e. The molecule has 1 aromatic carbocycles. The normalized spacial score (nSPS) is 13.2. The molecule has 0 bridgehead atoms. The summed E-state index contributed by atoms with van der Waals surface area (Å²) in [5.74, 6) is -4.88. The highest BCUT2D eigenvalue weighted by Crippen LogP contribution is 2.34. The Kier molecular flexibility index (Phi) is 6.25. The van der Waals surface area contributed by atoms with Crippen molar-refractivity contribution in [3.63, 3.8) is 0 Å². The van der Waals surface area contributed by atoms with Crippen LogP contribution in [0.4, 0.5) is 28.0 Å². The molecule has 0 aliphatic rings. The summed E-state index contributed by atoms with van der Waals surface area (Å²) in [7, 11) is 0.739. The van der Waals surface area contributed by atoms with Crippen LogP contribution in [0.1, 0.15) is 18.4 Å². The highest BCUT2D eigenvalue weighted by molar-refractivity contribution is 5.84. The van der Waals surface area contributed by atoms with Crippen LogP contribution in [0, 0.1) is 15.9 Å². The molecule has 1 aromatic rings. The molecule has 0 saturated heterocycles. The molecule has 0 radical (unpaired) electrons. The molecule has 0 aliphatic heterocycles. The monoisotopic (exact) mass is 367 g/mol. The first-order chi connectivity index (χ1) is 11.5. The zero-order chi connectivity index (χ0) is 19.5. The number of carbonyl (C=O) groups is 2. The van der Waals surface area contributed by atoms with Crippen molar-refractivity contribution in [2.75, 3.05) is 7.05 Å². The van der Waals surface area contributed by atoms with Crippen LogP contribution in [0.5, 0.6) is 5.75 Å². The predicted octanol–water partition coefficient (Wildman–Crippen LogP) is 2.31. The number of nitrogens with zero attached hydrogens (tertiary/aromatic N) is 2. The Hall–Kier alpha value is -2.92. The van der Waals surface area contributed by atoms with Crippen molar-refractivity contribution in [1.29, 1.82) is 0 Å². The smallest absolute Gasteiger partial charge is 0.407 e.